The summed E-state index contributed by atoms with van der Waals surface area (Å²) in [6.07, 6.45) is 0. The molecule has 0 atom stereocenters. The first-order valence-electron chi connectivity index (χ1n) is 18.4. The molecule has 5 heteroatoms. The number of para-hydroxylation sites is 4. The van der Waals surface area contributed by atoms with E-state index in [1.165, 1.54) is 72.3 Å². The van der Waals surface area contributed by atoms with Crippen molar-refractivity contribution >= 4 is 79.0 Å². The van der Waals surface area contributed by atoms with Gasteiger partial charge in [0.1, 0.15) is 0 Å². The van der Waals surface area contributed by atoms with E-state index in [-0.39, 0.29) is 6.71 Å². The predicted molar refractivity (Wildman–Crippen MR) is 224 cm³/mol. The van der Waals surface area contributed by atoms with Gasteiger partial charge in [0, 0.05) is 56.3 Å². The Bertz CT molecular complexity index is 2590. The zero-order chi connectivity index (χ0) is 35.2. The van der Waals surface area contributed by atoms with Gasteiger partial charge in [-0.25, -0.2) is 0 Å². The van der Waals surface area contributed by atoms with Gasteiger partial charge in [-0.1, -0.05) is 91.0 Å². The molecule has 0 fully saturated rings. The van der Waals surface area contributed by atoms with Crippen molar-refractivity contribution in [2.45, 2.75) is 13.8 Å². The lowest BCUT2D eigenvalue weighted by atomic mass is 9.34. The molecule has 0 radical (unpaired) electrons. The van der Waals surface area contributed by atoms with Gasteiger partial charge >= 0.3 is 0 Å². The Hall–Kier alpha value is -6.72. The molecule has 0 aliphatic carbocycles. The van der Waals surface area contributed by atoms with Crippen LogP contribution in [0.25, 0.3) is 33.2 Å². The first-order chi connectivity index (χ1) is 26.2. The highest BCUT2D eigenvalue weighted by atomic mass is 15.2. The number of aromatic nitrogens is 2. The van der Waals surface area contributed by atoms with Crippen LogP contribution in [-0.2, 0) is 0 Å². The molecule has 7 aromatic carbocycles. The summed E-state index contributed by atoms with van der Waals surface area (Å²) in [4.78, 5) is 4.80. The normalized spacial score (nSPS) is 12.3. The second-order valence-electron chi connectivity index (χ2n) is 14.3. The fourth-order valence-corrected chi connectivity index (χ4v) is 9.26. The summed E-state index contributed by atoms with van der Waals surface area (Å²) in [5, 5.41) is 2.51. The van der Waals surface area contributed by atoms with Crippen molar-refractivity contribution in [2.24, 2.45) is 0 Å². The summed E-state index contributed by atoms with van der Waals surface area (Å²) in [5.41, 5.74) is 18.6. The van der Waals surface area contributed by atoms with Crippen LogP contribution >= 0.6 is 0 Å². The minimum Gasteiger partial charge on any atom is -0.315 e. The number of nitrogens with zero attached hydrogens (tertiary/aromatic N) is 4. The van der Waals surface area contributed by atoms with E-state index in [4.69, 9.17) is 0 Å². The van der Waals surface area contributed by atoms with Crippen LogP contribution in [0.3, 0.4) is 0 Å². The maximum Gasteiger partial charge on any atom is 0.252 e. The van der Waals surface area contributed by atoms with Crippen LogP contribution < -0.4 is 26.2 Å². The van der Waals surface area contributed by atoms with Gasteiger partial charge in [0.25, 0.3) is 6.71 Å². The molecule has 250 valence electrons. The molecule has 11 rings (SSSR count). The Kier molecular flexibility index (Phi) is 6.44. The SMILES string of the molecule is Cc1cc2c(N(c3ccccc3)c3ccccc3)ccc3c2n1-c1cccc2c1B3c1ccc(N(c3ccccc3)c3ccccc3)c3cc(C)n-2c13. The molecule has 0 bridgehead atoms. The maximum atomic E-state index is 2.51. The van der Waals surface area contributed by atoms with Crippen molar-refractivity contribution in [1.29, 1.82) is 0 Å². The van der Waals surface area contributed by atoms with Gasteiger partial charge in [0.15, 0.2) is 0 Å². The van der Waals surface area contributed by atoms with E-state index in [9.17, 15) is 0 Å². The Morgan fingerprint density at radius 3 is 1.11 bits per heavy atom. The zero-order valence-corrected chi connectivity index (χ0v) is 29.6. The van der Waals surface area contributed by atoms with E-state index in [1.807, 2.05) is 0 Å². The van der Waals surface area contributed by atoms with E-state index < -0.39 is 0 Å². The zero-order valence-electron chi connectivity index (χ0n) is 29.6. The Morgan fingerprint density at radius 2 is 0.755 bits per heavy atom. The van der Waals surface area contributed by atoms with Gasteiger partial charge in [0.2, 0.25) is 0 Å². The first-order valence-corrected chi connectivity index (χ1v) is 18.4. The monoisotopic (exact) mass is 678 g/mol. The van der Waals surface area contributed by atoms with Crippen LogP contribution in [-0.4, -0.2) is 15.8 Å². The predicted octanol–water partition coefficient (Wildman–Crippen LogP) is 10.3. The fourth-order valence-electron chi connectivity index (χ4n) is 9.26. The van der Waals surface area contributed by atoms with Gasteiger partial charge in [-0.05, 0) is 115 Å². The molecule has 2 aliphatic rings. The van der Waals surface area contributed by atoms with Gasteiger partial charge < -0.3 is 18.9 Å². The number of fused-ring (bicyclic) bond motifs is 4. The van der Waals surface area contributed by atoms with E-state index >= 15 is 0 Å². The molecule has 0 amide bonds. The van der Waals surface area contributed by atoms with Crippen molar-refractivity contribution < 1.29 is 0 Å². The smallest absolute Gasteiger partial charge is 0.252 e. The summed E-state index contributed by atoms with van der Waals surface area (Å²) in [5.74, 6) is 0. The average molecular weight is 679 g/mol. The highest BCUT2D eigenvalue weighted by molar-refractivity contribution is 7.00. The molecule has 0 saturated carbocycles. The number of hydrogen-bond acceptors (Lipinski definition) is 2. The van der Waals surface area contributed by atoms with Crippen LogP contribution in [0, 0.1) is 13.8 Å². The molecule has 4 heterocycles. The Balaban J connectivity index is 1.18. The molecule has 2 aliphatic heterocycles. The average Bonchev–Trinajstić information content (AvgIpc) is 3.75. The topological polar surface area (TPSA) is 16.3 Å². The van der Waals surface area contributed by atoms with Gasteiger partial charge in [-0.2, -0.15) is 0 Å². The first kappa shape index (κ1) is 30.0. The summed E-state index contributed by atoms with van der Waals surface area (Å²) in [6, 6.07) is 64.2. The Labute approximate surface area is 309 Å². The summed E-state index contributed by atoms with van der Waals surface area (Å²) < 4.78 is 5.03. The summed E-state index contributed by atoms with van der Waals surface area (Å²) in [7, 11) is 0. The molecule has 2 aromatic heterocycles. The largest absolute Gasteiger partial charge is 0.315 e. The third kappa shape index (κ3) is 4.25. The van der Waals surface area contributed by atoms with Gasteiger partial charge in [0.05, 0.1) is 22.4 Å². The number of anilines is 6. The van der Waals surface area contributed by atoms with E-state index in [1.54, 1.807) is 0 Å². The number of benzene rings is 7. The molecule has 0 spiro atoms. The lowest BCUT2D eigenvalue weighted by Crippen LogP contribution is -2.59. The Morgan fingerprint density at radius 1 is 0.396 bits per heavy atom. The number of hydrogen-bond donors (Lipinski definition) is 0. The molecule has 9 aromatic rings. The highest BCUT2D eigenvalue weighted by Gasteiger charge is 2.41. The standard InChI is InChI=1S/C48H35BN4/c1-32-30-38-42(52(34-16-7-3-8-17-34)35-18-9-4-10-19-35)28-26-40-47(38)50(32)44-24-15-25-45-46(44)49(40)41-27-29-43(39-31-33(2)51(45)48(39)41)53(36-20-11-5-12-21-36)37-22-13-6-14-23-37/h3-31H,1-2H3. The molecular formula is C48H35BN4. The van der Waals surface area contributed by atoms with Crippen molar-refractivity contribution in [1.82, 2.24) is 9.13 Å². The summed E-state index contributed by atoms with van der Waals surface area (Å²) in [6.45, 7) is 4.60. The highest BCUT2D eigenvalue weighted by Crippen LogP contribution is 2.44. The summed E-state index contributed by atoms with van der Waals surface area (Å²) >= 11 is 0. The van der Waals surface area contributed by atoms with E-state index in [0.717, 1.165) is 22.7 Å². The third-order valence-corrected chi connectivity index (χ3v) is 11.3. The van der Waals surface area contributed by atoms with Crippen LogP contribution in [0.4, 0.5) is 34.1 Å². The second kappa shape index (κ2) is 11.4. The molecule has 0 N–H and O–H groups in total. The minimum atomic E-state index is 0.0849. The van der Waals surface area contributed by atoms with Crippen LogP contribution in [0.15, 0.2) is 176 Å². The molecule has 0 unspecified atom stereocenters. The number of aryl methyl sites for hydroxylation is 2. The number of rotatable bonds is 6. The third-order valence-electron chi connectivity index (χ3n) is 11.3. The molecule has 0 saturated heterocycles. The van der Waals surface area contributed by atoms with E-state index in [0.29, 0.717) is 0 Å². The molecule has 4 nitrogen and oxygen atoms in total. The van der Waals surface area contributed by atoms with Crippen molar-refractivity contribution in [3.05, 3.63) is 187 Å². The maximum absolute atomic E-state index is 2.51. The van der Waals surface area contributed by atoms with Crippen molar-refractivity contribution in [3.8, 4) is 11.4 Å². The fraction of sp³-hybridized carbons (Fsp3) is 0.0417. The van der Waals surface area contributed by atoms with Crippen molar-refractivity contribution in [3.63, 3.8) is 0 Å². The second-order valence-corrected chi connectivity index (χ2v) is 14.3. The van der Waals surface area contributed by atoms with Crippen LogP contribution in [0.2, 0.25) is 0 Å². The minimum absolute atomic E-state index is 0.0849. The lowest BCUT2D eigenvalue weighted by molar-refractivity contribution is 1.03. The molecular weight excluding hydrogens is 643 g/mol. The van der Waals surface area contributed by atoms with Crippen LogP contribution in [0.1, 0.15) is 11.4 Å². The molecule has 53 heavy (non-hydrogen) atoms. The quantitative estimate of drug-likeness (QED) is 0.163. The van der Waals surface area contributed by atoms with Crippen LogP contribution in [0.5, 0.6) is 0 Å². The van der Waals surface area contributed by atoms with Gasteiger partial charge in [-0.3, -0.25) is 0 Å². The van der Waals surface area contributed by atoms with E-state index in [2.05, 4.69) is 209 Å². The van der Waals surface area contributed by atoms with Crippen molar-refractivity contribution in [2.75, 3.05) is 9.80 Å². The van der Waals surface area contributed by atoms with Gasteiger partial charge in [-0.15, -0.1) is 0 Å². The lowest BCUT2D eigenvalue weighted by Gasteiger charge is -2.35.